The quantitative estimate of drug-likeness (QED) is 0.710. The van der Waals surface area contributed by atoms with Crippen LogP contribution in [0.25, 0.3) is 0 Å². The van der Waals surface area contributed by atoms with Gasteiger partial charge in [0, 0.05) is 19.0 Å². The minimum Gasteiger partial charge on any atom is -0.339 e. The summed E-state index contributed by atoms with van der Waals surface area (Å²) >= 11 is 0. The summed E-state index contributed by atoms with van der Waals surface area (Å²) in [7, 11) is 0. The standard InChI is InChI=1S/C8H13N3O/c1-5(2)7-10-8(12-11-7)6-3-9-4-6/h5-6,9H,3-4H2,1-2H3. The zero-order valence-corrected chi connectivity index (χ0v) is 7.37. The van der Waals surface area contributed by atoms with E-state index in [0.717, 1.165) is 24.8 Å². The van der Waals surface area contributed by atoms with Crippen LogP contribution in [0.1, 0.15) is 37.4 Å². The molecular formula is C8H13N3O. The van der Waals surface area contributed by atoms with E-state index in [9.17, 15) is 0 Å². The van der Waals surface area contributed by atoms with Gasteiger partial charge in [0.05, 0.1) is 5.92 Å². The molecule has 2 heterocycles. The number of nitrogens with one attached hydrogen (secondary N) is 1. The Morgan fingerprint density at radius 2 is 2.25 bits per heavy atom. The van der Waals surface area contributed by atoms with Gasteiger partial charge < -0.3 is 9.84 Å². The molecule has 0 spiro atoms. The maximum absolute atomic E-state index is 5.13. The van der Waals surface area contributed by atoms with Crippen molar-refractivity contribution in [1.82, 2.24) is 15.5 Å². The SMILES string of the molecule is CC(C)c1noc(C2CNC2)n1. The highest BCUT2D eigenvalue weighted by Gasteiger charge is 2.25. The normalized spacial score (nSPS) is 18.2. The molecule has 66 valence electrons. The monoisotopic (exact) mass is 167 g/mol. The summed E-state index contributed by atoms with van der Waals surface area (Å²) in [6.07, 6.45) is 0. The van der Waals surface area contributed by atoms with E-state index in [4.69, 9.17) is 4.52 Å². The van der Waals surface area contributed by atoms with Gasteiger partial charge in [0.2, 0.25) is 5.89 Å². The molecule has 0 saturated carbocycles. The van der Waals surface area contributed by atoms with Gasteiger partial charge in [-0.05, 0) is 0 Å². The molecule has 4 heteroatoms. The van der Waals surface area contributed by atoms with Crippen molar-refractivity contribution in [2.45, 2.75) is 25.7 Å². The lowest BCUT2D eigenvalue weighted by molar-refractivity contribution is 0.305. The molecule has 0 aliphatic carbocycles. The second kappa shape index (κ2) is 2.86. The summed E-state index contributed by atoms with van der Waals surface area (Å²) in [4.78, 5) is 4.31. The largest absolute Gasteiger partial charge is 0.339 e. The third kappa shape index (κ3) is 1.22. The molecule has 1 N–H and O–H groups in total. The smallest absolute Gasteiger partial charge is 0.232 e. The Morgan fingerprint density at radius 3 is 2.67 bits per heavy atom. The van der Waals surface area contributed by atoms with Crippen LogP contribution in [0.5, 0.6) is 0 Å². The highest BCUT2D eigenvalue weighted by molar-refractivity contribution is 5.02. The van der Waals surface area contributed by atoms with Crippen LogP contribution < -0.4 is 5.32 Å². The van der Waals surface area contributed by atoms with E-state index in [1.54, 1.807) is 0 Å². The van der Waals surface area contributed by atoms with Crippen molar-refractivity contribution in [2.24, 2.45) is 0 Å². The van der Waals surface area contributed by atoms with Gasteiger partial charge in [0.15, 0.2) is 5.82 Å². The van der Waals surface area contributed by atoms with Crippen molar-refractivity contribution in [3.05, 3.63) is 11.7 Å². The molecule has 0 radical (unpaired) electrons. The van der Waals surface area contributed by atoms with E-state index in [2.05, 4.69) is 29.3 Å². The fourth-order valence-electron chi connectivity index (χ4n) is 1.11. The maximum atomic E-state index is 5.13. The first kappa shape index (κ1) is 7.73. The van der Waals surface area contributed by atoms with Crippen LogP contribution in [0.15, 0.2) is 4.52 Å². The Kier molecular flexibility index (Phi) is 1.84. The van der Waals surface area contributed by atoms with Crippen molar-refractivity contribution < 1.29 is 4.52 Å². The van der Waals surface area contributed by atoms with Gasteiger partial charge in [-0.3, -0.25) is 0 Å². The van der Waals surface area contributed by atoms with Crippen LogP contribution in [-0.2, 0) is 0 Å². The average Bonchev–Trinajstić information content (AvgIpc) is 2.32. The van der Waals surface area contributed by atoms with E-state index >= 15 is 0 Å². The Morgan fingerprint density at radius 1 is 1.50 bits per heavy atom. The molecule has 0 bridgehead atoms. The molecule has 1 fully saturated rings. The lowest BCUT2D eigenvalue weighted by atomic mass is 10.0. The van der Waals surface area contributed by atoms with Crippen LogP contribution >= 0.6 is 0 Å². The number of aromatic nitrogens is 2. The molecule has 12 heavy (non-hydrogen) atoms. The maximum Gasteiger partial charge on any atom is 0.232 e. The molecule has 2 rings (SSSR count). The summed E-state index contributed by atoms with van der Waals surface area (Å²) in [6.45, 7) is 6.07. The molecule has 1 aromatic rings. The fourth-order valence-corrected chi connectivity index (χ4v) is 1.11. The summed E-state index contributed by atoms with van der Waals surface area (Å²) in [5, 5.41) is 7.08. The second-order valence-electron chi connectivity index (χ2n) is 3.50. The summed E-state index contributed by atoms with van der Waals surface area (Å²) in [5.41, 5.74) is 0. The minimum absolute atomic E-state index is 0.357. The predicted molar refractivity (Wildman–Crippen MR) is 44.0 cm³/mol. The second-order valence-corrected chi connectivity index (χ2v) is 3.50. The molecule has 0 unspecified atom stereocenters. The Balaban J connectivity index is 2.12. The lowest BCUT2D eigenvalue weighted by Crippen LogP contribution is -2.40. The van der Waals surface area contributed by atoms with Gasteiger partial charge in [-0.1, -0.05) is 19.0 Å². The number of nitrogens with zero attached hydrogens (tertiary/aromatic N) is 2. The van der Waals surface area contributed by atoms with Crippen LogP contribution in [0.3, 0.4) is 0 Å². The Bertz CT molecular complexity index is 265. The highest BCUT2D eigenvalue weighted by Crippen LogP contribution is 2.19. The van der Waals surface area contributed by atoms with E-state index in [1.165, 1.54) is 0 Å². The van der Waals surface area contributed by atoms with Gasteiger partial charge in [-0.2, -0.15) is 4.98 Å². The summed E-state index contributed by atoms with van der Waals surface area (Å²) in [5.74, 6) is 2.41. The van der Waals surface area contributed by atoms with Gasteiger partial charge in [0.25, 0.3) is 0 Å². The lowest BCUT2D eigenvalue weighted by Gasteiger charge is -2.22. The summed E-state index contributed by atoms with van der Waals surface area (Å²) < 4.78 is 5.13. The molecule has 1 aromatic heterocycles. The molecule has 1 aliphatic heterocycles. The molecule has 0 amide bonds. The van der Waals surface area contributed by atoms with Crippen LogP contribution in [-0.4, -0.2) is 23.2 Å². The Hall–Kier alpha value is -0.900. The highest BCUT2D eigenvalue weighted by atomic mass is 16.5. The Labute approximate surface area is 71.4 Å². The third-order valence-corrected chi connectivity index (χ3v) is 2.10. The van der Waals surface area contributed by atoms with Crippen LogP contribution in [0.4, 0.5) is 0 Å². The van der Waals surface area contributed by atoms with E-state index in [0.29, 0.717) is 11.8 Å². The number of hydrogen-bond donors (Lipinski definition) is 1. The van der Waals surface area contributed by atoms with Gasteiger partial charge in [0.1, 0.15) is 0 Å². The first-order chi connectivity index (χ1) is 5.77. The van der Waals surface area contributed by atoms with Crippen molar-refractivity contribution in [2.75, 3.05) is 13.1 Å². The third-order valence-electron chi connectivity index (χ3n) is 2.10. The molecule has 4 nitrogen and oxygen atoms in total. The van der Waals surface area contributed by atoms with Crippen LogP contribution in [0, 0.1) is 0 Å². The molecule has 1 saturated heterocycles. The predicted octanol–water partition coefficient (Wildman–Crippen LogP) is 0.880. The first-order valence-corrected chi connectivity index (χ1v) is 4.31. The molecule has 0 aromatic carbocycles. The van der Waals surface area contributed by atoms with E-state index in [-0.39, 0.29) is 0 Å². The van der Waals surface area contributed by atoms with E-state index in [1.807, 2.05) is 0 Å². The van der Waals surface area contributed by atoms with Gasteiger partial charge in [-0.25, -0.2) is 0 Å². The molecule has 0 atom stereocenters. The van der Waals surface area contributed by atoms with E-state index < -0.39 is 0 Å². The average molecular weight is 167 g/mol. The van der Waals surface area contributed by atoms with Gasteiger partial charge in [-0.15, -0.1) is 0 Å². The summed E-state index contributed by atoms with van der Waals surface area (Å²) in [6, 6.07) is 0. The zero-order valence-electron chi connectivity index (χ0n) is 7.37. The topological polar surface area (TPSA) is 51.0 Å². The van der Waals surface area contributed by atoms with Gasteiger partial charge >= 0.3 is 0 Å². The fraction of sp³-hybridized carbons (Fsp3) is 0.750. The number of rotatable bonds is 2. The first-order valence-electron chi connectivity index (χ1n) is 4.31. The minimum atomic E-state index is 0.357. The van der Waals surface area contributed by atoms with Crippen LogP contribution in [0.2, 0.25) is 0 Å². The zero-order chi connectivity index (χ0) is 8.55. The van der Waals surface area contributed by atoms with Crippen molar-refractivity contribution in [1.29, 1.82) is 0 Å². The van der Waals surface area contributed by atoms with Crippen molar-refractivity contribution in [3.8, 4) is 0 Å². The molecular weight excluding hydrogens is 154 g/mol. The molecule has 1 aliphatic rings. The van der Waals surface area contributed by atoms with Crippen molar-refractivity contribution >= 4 is 0 Å². The van der Waals surface area contributed by atoms with Crippen molar-refractivity contribution in [3.63, 3.8) is 0 Å². The number of hydrogen-bond acceptors (Lipinski definition) is 4.